The predicted octanol–water partition coefficient (Wildman–Crippen LogP) is 3.92. The van der Waals surface area contributed by atoms with Crippen LogP contribution in [0.4, 0.5) is 10.5 Å². The molecule has 4 rings (SSSR count). The van der Waals surface area contributed by atoms with Gasteiger partial charge in [0.15, 0.2) is 5.65 Å². The van der Waals surface area contributed by atoms with Crippen molar-refractivity contribution in [3.05, 3.63) is 66.0 Å². The van der Waals surface area contributed by atoms with Gasteiger partial charge in [-0.3, -0.25) is 0 Å². The number of nitrogens with zero attached hydrogens (tertiary/aromatic N) is 3. The van der Waals surface area contributed by atoms with Crippen molar-refractivity contribution in [3.8, 4) is 0 Å². The van der Waals surface area contributed by atoms with E-state index in [4.69, 9.17) is 9.47 Å². The van der Waals surface area contributed by atoms with Crippen LogP contribution in [0, 0.1) is 5.92 Å². The molecule has 0 aliphatic carbocycles. The van der Waals surface area contributed by atoms with E-state index in [2.05, 4.69) is 32.3 Å². The van der Waals surface area contributed by atoms with Crippen LogP contribution in [0.2, 0.25) is 0 Å². The summed E-state index contributed by atoms with van der Waals surface area (Å²) in [4.78, 5) is 35.7. The van der Waals surface area contributed by atoms with Crippen LogP contribution in [0.3, 0.4) is 0 Å². The summed E-state index contributed by atoms with van der Waals surface area (Å²) < 4.78 is 10.1. The van der Waals surface area contributed by atoms with Gasteiger partial charge >= 0.3 is 12.1 Å². The molecule has 2 aromatic heterocycles. The summed E-state index contributed by atoms with van der Waals surface area (Å²) in [6, 6.07) is 15.3. The molecule has 0 spiro atoms. The van der Waals surface area contributed by atoms with Gasteiger partial charge in [0.2, 0.25) is 0 Å². The molecule has 3 heterocycles. The van der Waals surface area contributed by atoms with Gasteiger partial charge in [0.25, 0.3) is 0 Å². The predicted molar refractivity (Wildman–Crippen MR) is 134 cm³/mol. The first-order valence-corrected chi connectivity index (χ1v) is 11.8. The quantitative estimate of drug-likeness (QED) is 0.517. The monoisotopic (exact) mass is 476 g/mol. The highest BCUT2D eigenvalue weighted by Gasteiger charge is 2.28. The molecule has 1 fully saturated rings. The largest absolute Gasteiger partial charge is 0.467 e. The summed E-state index contributed by atoms with van der Waals surface area (Å²) in [6.45, 7) is 7.25. The number of nitrogens with one attached hydrogen (secondary N) is 1. The number of hydrogen-bond acceptors (Lipinski definition) is 7. The topological polar surface area (TPSA) is 93.6 Å². The van der Waals surface area contributed by atoms with E-state index in [1.54, 1.807) is 27.0 Å². The Morgan fingerprint density at radius 1 is 1.11 bits per heavy atom. The summed E-state index contributed by atoms with van der Waals surface area (Å²) in [5.74, 6) is 0.0353. The Morgan fingerprint density at radius 2 is 1.86 bits per heavy atom. The number of methoxy groups -OCH3 is 1. The smallest absolute Gasteiger partial charge is 0.408 e. The van der Waals surface area contributed by atoms with Crippen molar-refractivity contribution in [2.75, 3.05) is 25.1 Å². The van der Waals surface area contributed by atoms with Crippen LogP contribution in [0.25, 0.3) is 11.0 Å². The van der Waals surface area contributed by atoms with Crippen LogP contribution >= 0.6 is 0 Å². The van der Waals surface area contributed by atoms with Crippen molar-refractivity contribution in [3.63, 3.8) is 0 Å². The van der Waals surface area contributed by atoms with Crippen LogP contribution in [0.15, 0.2) is 54.7 Å². The maximum Gasteiger partial charge on any atom is 0.408 e. The lowest BCUT2D eigenvalue weighted by atomic mass is 9.93. The molecular formula is C27H32N4O4. The van der Waals surface area contributed by atoms with E-state index in [0.717, 1.165) is 47.5 Å². The van der Waals surface area contributed by atoms with Crippen LogP contribution in [-0.4, -0.2) is 53.9 Å². The van der Waals surface area contributed by atoms with Gasteiger partial charge in [0.05, 0.1) is 7.11 Å². The third-order valence-electron chi connectivity index (χ3n) is 5.89. The van der Waals surface area contributed by atoms with Crippen molar-refractivity contribution in [2.24, 2.45) is 5.92 Å². The molecule has 1 amide bonds. The number of amides is 1. The van der Waals surface area contributed by atoms with Crippen molar-refractivity contribution >= 4 is 28.8 Å². The number of carbonyl (C=O) groups is 2. The average molecular weight is 477 g/mol. The molecule has 8 nitrogen and oxygen atoms in total. The molecule has 0 radical (unpaired) electrons. The van der Waals surface area contributed by atoms with Gasteiger partial charge in [-0.2, -0.15) is 0 Å². The SMILES string of the molecule is COC(=O)[C@H](Cc1ccc(N2CC(Cc3ccc4cccnc4n3)C2)cc1)NC(=O)OC(C)(C)C. The standard InChI is InChI=1S/C27H32N4O4/c1-27(2,3)35-26(33)30-23(25(32)34-4)15-18-7-11-22(12-8-18)31-16-19(17-31)14-21-10-9-20-6-5-13-28-24(20)29-21/h5-13,19,23H,14-17H2,1-4H3,(H,30,33)/t23-/m0/s1. The summed E-state index contributed by atoms with van der Waals surface area (Å²) in [5.41, 5.74) is 3.27. The van der Waals surface area contributed by atoms with Gasteiger partial charge in [-0.05, 0) is 75.1 Å². The van der Waals surface area contributed by atoms with Gasteiger partial charge in [-0.1, -0.05) is 12.1 Å². The zero-order chi connectivity index (χ0) is 25.0. The van der Waals surface area contributed by atoms with E-state index in [1.807, 2.05) is 36.4 Å². The second-order valence-electron chi connectivity index (χ2n) is 9.92. The highest BCUT2D eigenvalue weighted by atomic mass is 16.6. The van der Waals surface area contributed by atoms with Crippen molar-refractivity contribution in [1.29, 1.82) is 0 Å². The minimum atomic E-state index is -0.821. The number of benzene rings is 1. The molecule has 1 atom stereocenters. The second kappa shape index (κ2) is 10.3. The molecule has 1 aromatic carbocycles. The van der Waals surface area contributed by atoms with Crippen molar-refractivity contribution in [1.82, 2.24) is 15.3 Å². The summed E-state index contributed by atoms with van der Waals surface area (Å²) in [5, 5.41) is 3.67. The Hall–Kier alpha value is -3.68. The summed E-state index contributed by atoms with van der Waals surface area (Å²) >= 11 is 0. The van der Waals surface area contributed by atoms with E-state index < -0.39 is 23.7 Å². The molecule has 0 saturated carbocycles. The molecular weight excluding hydrogens is 444 g/mol. The number of rotatable bonds is 7. The Labute approximate surface area is 205 Å². The Morgan fingerprint density at radius 3 is 2.54 bits per heavy atom. The fraction of sp³-hybridized carbons (Fsp3) is 0.407. The number of esters is 1. The van der Waals surface area contributed by atoms with Crippen LogP contribution in [0.5, 0.6) is 0 Å². The van der Waals surface area contributed by atoms with E-state index in [1.165, 1.54) is 7.11 Å². The molecule has 184 valence electrons. The first-order valence-electron chi connectivity index (χ1n) is 11.8. The summed E-state index contributed by atoms with van der Waals surface area (Å²) in [7, 11) is 1.31. The first-order chi connectivity index (χ1) is 16.7. The number of hydrogen-bond donors (Lipinski definition) is 1. The highest BCUT2D eigenvalue weighted by Crippen LogP contribution is 2.27. The van der Waals surface area contributed by atoms with Crippen LogP contribution in [0.1, 0.15) is 32.0 Å². The lowest BCUT2D eigenvalue weighted by Crippen LogP contribution is -2.47. The van der Waals surface area contributed by atoms with E-state index >= 15 is 0 Å². The molecule has 0 bridgehead atoms. The number of anilines is 1. The Kier molecular flexibility index (Phi) is 7.19. The minimum Gasteiger partial charge on any atom is -0.467 e. The number of carbonyl (C=O) groups excluding carboxylic acids is 2. The number of alkyl carbamates (subject to hydrolysis) is 1. The molecule has 3 aromatic rings. The number of ether oxygens (including phenoxy) is 2. The Bertz CT molecular complexity index is 1180. The zero-order valence-electron chi connectivity index (χ0n) is 20.7. The third-order valence-corrected chi connectivity index (χ3v) is 5.89. The lowest BCUT2D eigenvalue weighted by Gasteiger charge is -2.41. The number of aromatic nitrogens is 2. The van der Waals surface area contributed by atoms with Crippen LogP contribution < -0.4 is 10.2 Å². The zero-order valence-corrected chi connectivity index (χ0v) is 20.7. The van der Waals surface area contributed by atoms with Gasteiger partial charge in [0, 0.05) is 42.5 Å². The minimum absolute atomic E-state index is 0.316. The lowest BCUT2D eigenvalue weighted by molar-refractivity contribution is -0.143. The van der Waals surface area contributed by atoms with Gasteiger partial charge in [0.1, 0.15) is 11.6 Å². The number of pyridine rings is 2. The van der Waals surface area contributed by atoms with E-state index in [-0.39, 0.29) is 0 Å². The molecule has 1 saturated heterocycles. The van der Waals surface area contributed by atoms with Gasteiger partial charge in [-0.15, -0.1) is 0 Å². The van der Waals surface area contributed by atoms with Gasteiger partial charge < -0.3 is 19.7 Å². The fourth-order valence-electron chi connectivity index (χ4n) is 4.18. The summed E-state index contributed by atoms with van der Waals surface area (Å²) in [6.07, 6.45) is 2.37. The average Bonchev–Trinajstić information content (AvgIpc) is 2.79. The molecule has 1 aliphatic rings. The fourth-order valence-corrected chi connectivity index (χ4v) is 4.18. The number of fused-ring (bicyclic) bond motifs is 1. The molecule has 8 heteroatoms. The molecule has 1 N–H and O–H groups in total. The molecule has 0 unspecified atom stereocenters. The van der Waals surface area contributed by atoms with E-state index in [0.29, 0.717) is 12.3 Å². The van der Waals surface area contributed by atoms with Crippen LogP contribution in [-0.2, 0) is 27.1 Å². The normalized spacial score (nSPS) is 14.8. The van der Waals surface area contributed by atoms with E-state index in [9.17, 15) is 9.59 Å². The maximum atomic E-state index is 12.2. The maximum absolute atomic E-state index is 12.2. The first kappa shape index (κ1) is 24.4. The van der Waals surface area contributed by atoms with Crippen molar-refractivity contribution < 1.29 is 19.1 Å². The molecule has 35 heavy (non-hydrogen) atoms. The third kappa shape index (κ3) is 6.47. The van der Waals surface area contributed by atoms with Gasteiger partial charge in [-0.25, -0.2) is 19.6 Å². The Balaban J connectivity index is 1.31. The highest BCUT2D eigenvalue weighted by molar-refractivity contribution is 5.81. The second-order valence-corrected chi connectivity index (χ2v) is 9.92. The van der Waals surface area contributed by atoms with Crippen molar-refractivity contribution in [2.45, 2.75) is 45.3 Å². The molecule has 1 aliphatic heterocycles.